The molecule has 142 valence electrons. The van der Waals surface area contributed by atoms with Crippen LogP contribution in [-0.4, -0.2) is 73.3 Å². The Hall–Kier alpha value is -0.650. The van der Waals surface area contributed by atoms with Crippen LogP contribution in [0.2, 0.25) is 0 Å². The second-order valence-corrected chi connectivity index (χ2v) is 8.50. The molecule has 2 heterocycles. The lowest BCUT2D eigenvalue weighted by Crippen LogP contribution is -2.75. The average molecular weight is 351 g/mol. The Bertz CT molecular complexity index is 466. The van der Waals surface area contributed by atoms with Crippen LogP contribution in [-0.2, 0) is 14.3 Å². The van der Waals surface area contributed by atoms with Crippen molar-refractivity contribution in [1.82, 2.24) is 9.80 Å². The van der Waals surface area contributed by atoms with Crippen molar-refractivity contribution >= 4 is 5.91 Å². The third kappa shape index (κ3) is 3.47. The standard InChI is InChI=1S/C20H34N2O3/c1-24-13-14-25-18-15-22(20(18)9-3-2-4-10-20)17-7-11-21(12-8-17)19(23)16-5-6-16/h16-18H,2-15H2,1H3. The second kappa shape index (κ2) is 7.53. The monoisotopic (exact) mass is 350 g/mol. The molecule has 5 nitrogen and oxygen atoms in total. The highest BCUT2D eigenvalue weighted by Gasteiger charge is 2.56. The topological polar surface area (TPSA) is 42.0 Å². The first-order valence-electron chi connectivity index (χ1n) is 10.4. The number of likely N-dealkylation sites (tertiary alicyclic amines) is 2. The van der Waals surface area contributed by atoms with Gasteiger partial charge in [0.05, 0.1) is 19.3 Å². The average Bonchev–Trinajstić information content (AvgIpc) is 3.50. The van der Waals surface area contributed by atoms with E-state index in [1.807, 2.05) is 0 Å². The summed E-state index contributed by atoms with van der Waals surface area (Å²) in [4.78, 5) is 17.2. The van der Waals surface area contributed by atoms with Gasteiger partial charge in [0.1, 0.15) is 0 Å². The highest BCUT2D eigenvalue weighted by molar-refractivity contribution is 5.81. The molecule has 1 spiro atoms. The van der Waals surface area contributed by atoms with Crippen LogP contribution in [0.4, 0.5) is 0 Å². The maximum absolute atomic E-state index is 12.3. The number of carbonyl (C=O) groups excluding carboxylic acids is 1. The number of piperidine rings is 1. The Labute approximate surface area is 152 Å². The van der Waals surface area contributed by atoms with Crippen molar-refractivity contribution in [2.24, 2.45) is 5.92 Å². The molecule has 0 bridgehead atoms. The molecule has 1 amide bonds. The van der Waals surface area contributed by atoms with Gasteiger partial charge in [0.2, 0.25) is 5.91 Å². The quantitative estimate of drug-likeness (QED) is 0.690. The number of hydrogen-bond acceptors (Lipinski definition) is 4. The summed E-state index contributed by atoms with van der Waals surface area (Å²) in [6.45, 7) is 4.40. The molecule has 0 N–H and O–H groups in total. The molecule has 4 rings (SSSR count). The van der Waals surface area contributed by atoms with Gasteiger partial charge in [-0.1, -0.05) is 19.3 Å². The Morgan fingerprint density at radius 2 is 1.76 bits per heavy atom. The minimum absolute atomic E-state index is 0.277. The largest absolute Gasteiger partial charge is 0.382 e. The van der Waals surface area contributed by atoms with Gasteiger partial charge in [0.15, 0.2) is 0 Å². The van der Waals surface area contributed by atoms with Gasteiger partial charge in [-0.15, -0.1) is 0 Å². The zero-order valence-corrected chi connectivity index (χ0v) is 15.8. The van der Waals surface area contributed by atoms with E-state index in [1.54, 1.807) is 7.11 Å². The number of carbonyl (C=O) groups is 1. The fourth-order valence-electron chi connectivity index (χ4n) is 5.36. The van der Waals surface area contributed by atoms with E-state index in [4.69, 9.17) is 9.47 Å². The number of amides is 1. The van der Waals surface area contributed by atoms with Crippen molar-refractivity contribution in [3.8, 4) is 0 Å². The molecule has 2 saturated carbocycles. The molecule has 1 atom stereocenters. The summed E-state index contributed by atoms with van der Waals surface area (Å²) in [5, 5.41) is 0. The van der Waals surface area contributed by atoms with Crippen molar-refractivity contribution in [3.05, 3.63) is 0 Å². The van der Waals surface area contributed by atoms with Gasteiger partial charge in [-0.3, -0.25) is 9.69 Å². The Morgan fingerprint density at radius 3 is 2.40 bits per heavy atom. The van der Waals surface area contributed by atoms with E-state index in [2.05, 4.69) is 9.80 Å². The minimum Gasteiger partial charge on any atom is -0.382 e. The van der Waals surface area contributed by atoms with Crippen LogP contribution in [0.15, 0.2) is 0 Å². The molecule has 2 aliphatic heterocycles. The van der Waals surface area contributed by atoms with Crippen molar-refractivity contribution < 1.29 is 14.3 Å². The van der Waals surface area contributed by atoms with E-state index in [1.165, 1.54) is 32.1 Å². The Balaban J connectivity index is 1.34. The third-order valence-corrected chi connectivity index (χ3v) is 7.00. The van der Waals surface area contributed by atoms with Crippen LogP contribution in [0.1, 0.15) is 57.8 Å². The summed E-state index contributed by atoms with van der Waals surface area (Å²) in [6, 6.07) is 0.642. The third-order valence-electron chi connectivity index (χ3n) is 7.00. The van der Waals surface area contributed by atoms with Crippen molar-refractivity contribution in [3.63, 3.8) is 0 Å². The van der Waals surface area contributed by atoms with Gasteiger partial charge in [-0.2, -0.15) is 0 Å². The van der Waals surface area contributed by atoms with Crippen molar-refractivity contribution in [2.45, 2.75) is 75.5 Å². The van der Waals surface area contributed by atoms with Gasteiger partial charge in [0.25, 0.3) is 0 Å². The molecule has 0 aromatic rings. The van der Waals surface area contributed by atoms with Crippen LogP contribution in [0.5, 0.6) is 0 Å². The summed E-state index contributed by atoms with van der Waals surface area (Å²) in [5.74, 6) is 0.791. The van der Waals surface area contributed by atoms with Crippen LogP contribution >= 0.6 is 0 Å². The van der Waals surface area contributed by atoms with Crippen molar-refractivity contribution in [1.29, 1.82) is 0 Å². The van der Waals surface area contributed by atoms with Crippen LogP contribution < -0.4 is 0 Å². The lowest BCUT2D eigenvalue weighted by Gasteiger charge is -2.63. The number of methoxy groups -OCH3 is 1. The summed E-state index contributed by atoms with van der Waals surface area (Å²) in [5.41, 5.74) is 0.277. The minimum atomic E-state index is 0.277. The van der Waals surface area contributed by atoms with E-state index in [9.17, 15) is 4.79 Å². The molecule has 2 saturated heterocycles. The first-order valence-corrected chi connectivity index (χ1v) is 10.4. The van der Waals surface area contributed by atoms with E-state index in [0.717, 1.165) is 45.3 Å². The highest BCUT2D eigenvalue weighted by Crippen LogP contribution is 2.47. The number of nitrogens with zero attached hydrogens (tertiary/aromatic N) is 2. The maximum Gasteiger partial charge on any atom is 0.225 e. The fourth-order valence-corrected chi connectivity index (χ4v) is 5.36. The van der Waals surface area contributed by atoms with Crippen molar-refractivity contribution in [2.75, 3.05) is 40.0 Å². The summed E-state index contributed by atoms with van der Waals surface area (Å²) >= 11 is 0. The van der Waals surface area contributed by atoms with E-state index in [-0.39, 0.29) is 5.54 Å². The lowest BCUT2D eigenvalue weighted by molar-refractivity contribution is -0.204. The number of hydrogen-bond donors (Lipinski definition) is 0. The summed E-state index contributed by atoms with van der Waals surface area (Å²) in [7, 11) is 1.74. The molecule has 0 aromatic heterocycles. The summed E-state index contributed by atoms with van der Waals surface area (Å²) < 4.78 is 11.4. The predicted octanol–water partition coefficient (Wildman–Crippen LogP) is 2.44. The van der Waals surface area contributed by atoms with E-state index < -0.39 is 0 Å². The van der Waals surface area contributed by atoms with Gasteiger partial charge in [0, 0.05) is 44.2 Å². The second-order valence-electron chi connectivity index (χ2n) is 8.50. The molecule has 5 heteroatoms. The maximum atomic E-state index is 12.3. The first kappa shape index (κ1) is 17.7. The number of ether oxygens (including phenoxy) is 2. The molecular weight excluding hydrogens is 316 g/mol. The predicted molar refractivity (Wildman–Crippen MR) is 96.5 cm³/mol. The molecular formula is C20H34N2O3. The zero-order valence-electron chi connectivity index (χ0n) is 15.8. The van der Waals surface area contributed by atoms with Crippen LogP contribution in [0.25, 0.3) is 0 Å². The summed E-state index contributed by atoms with van der Waals surface area (Å²) in [6.07, 6.45) is 11.5. The molecule has 2 aliphatic carbocycles. The smallest absolute Gasteiger partial charge is 0.225 e. The van der Waals surface area contributed by atoms with Gasteiger partial charge >= 0.3 is 0 Å². The van der Waals surface area contributed by atoms with Crippen LogP contribution in [0.3, 0.4) is 0 Å². The van der Waals surface area contributed by atoms with Gasteiger partial charge in [-0.05, 0) is 38.5 Å². The molecule has 1 unspecified atom stereocenters. The first-order chi connectivity index (χ1) is 12.2. The van der Waals surface area contributed by atoms with Gasteiger partial charge < -0.3 is 14.4 Å². The Kier molecular flexibility index (Phi) is 5.35. The lowest BCUT2D eigenvalue weighted by atomic mass is 9.69. The molecule has 0 aromatic carbocycles. The Morgan fingerprint density at radius 1 is 1.04 bits per heavy atom. The molecule has 25 heavy (non-hydrogen) atoms. The van der Waals surface area contributed by atoms with Gasteiger partial charge in [-0.25, -0.2) is 0 Å². The fraction of sp³-hybridized carbons (Fsp3) is 0.950. The van der Waals surface area contributed by atoms with E-state index in [0.29, 0.717) is 37.2 Å². The normalized spacial score (nSPS) is 30.4. The van der Waals surface area contributed by atoms with E-state index >= 15 is 0 Å². The van der Waals surface area contributed by atoms with Crippen LogP contribution in [0, 0.1) is 5.92 Å². The SMILES string of the molecule is COCCOC1CN(C2CCN(C(=O)C3CC3)CC2)C12CCCCC2. The zero-order chi connectivity index (χ0) is 17.3. The molecule has 0 radical (unpaired) electrons. The highest BCUT2D eigenvalue weighted by atomic mass is 16.5. The number of rotatable bonds is 6. The molecule has 4 aliphatic rings. The molecule has 4 fully saturated rings.